The summed E-state index contributed by atoms with van der Waals surface area (Å²) in [5.74, 6) is 1.28. The van der Waals surface area contributed by atoms with Crippen molar-refractivity contribution in [3.63, 3.8) is 0 Å². The average molecular weight is 414 g/mol. The molecule has 0 saturated heterocycles. The highest BCUT2D eigenvalue weighted by Gasteiger charge is 2.15. The Bertz CT molecular complexity index is 1340. The van der Waals surface area contributed by atoms with Gasteiger partial charge in [-0.2, -0.15) is 15.2 Å². The van der Waals surface area contributed by atoms with Crippen LogP contribution in [-0.4, -0.2) is 50.2 Å². The first kappa shape index (κ1) is 19.0. The molecule has 0 aliphatic carbocycles. The second kappa shape index (κ2) is 8.04. The molecule has 0 aliphatic heterocycles. The number of benzene rings is 2. The van der Waals surface area contributed by atoms with E-state index in [1.807, 2.05) is 60.5 Å². The third kappa shape index (κ3) is 3.66. The molecule has 9 nitrogen and oxygen atoms in total. The summed E-state index contributed by atoms with van der Waals surface area (Å²) in [6.07, 6.45) is 5.43. The van der Waals surface area contributed by atoms with Gasteiger partial charge in [-0.3, -0.25) is 9.78 Å². The zero-order valence-electron chi connectivity index (χ0n) is 17.3. The summed E-state index contributed by atoms with van der Waals surface area (Å²) in [4.78, 5) is 11.3. The standard InChI is InChI=1S/C22H22N8O/c1-29-20-12-16(7-6-15(20)13-25-29)26-22-23-9-8-21(27-22)30(10-11-31-2)19-5-3-4-18-17(19)14-24-28-18/h3-9,12-14H,10-11H2,1-2H3,(H,24,28)(H,23,26,27). The van der Waals surface area contributed by atoms with Crippen LogP contribution < -0.4 is 10.2 Å². The minimum atomic E-state index is 0.515. The molecular formula is C22H22N8O. The summed E-state index contributed by atoms with van der Waals surface area (Å²) in [6.45, 7) is 1.19. The van der Waals surface area contributed by atoms with Crippen molar-refractivity contribution in [3.8, 4) is 0 Å². The molecule has 2 N–H and O–H groups in total. The van der Waals surface area contributed by atoms with Crippen LogP contribution in [0, 0.1) is 0 Å². The topological polar surface area (TPSA) is 96.8 Å². The van der Waals surface area contributed by atoms with E-state index in [1.54, 1.807) is 13.3 Å². The third-order valence-corrected chi connectivity index (χ3v) is 5.19. The quantitative estimate of drug-likeness (QED) is 0.418. The molecule has 2 aromatic carbocycles. The third-order valence-electron chi connectivity index (χ3n) is 5.19. The first-order valence-corrected chi connectivity index (χ1v) is 9.93. The lowest BCUT2D eigenvalue weighted by Gasteiger charge is -2.24. The van der Waals surface area contributed by atoms with Crippen LogP contribution in [0.5, 0.6) is 0 Å². The Balaban J connectivity index is 1.50. The SMILES string of the molecule is COCCN(c1ccnc(Nc2ccc3cnn(C)c3c2)n1)c1cccc2[nH]ncc12. The first-order valence-electron chi connectivity index (χ1n) is 9.93. The van der Waals surface area contributed by atoms with Gasteiger partial charge in [-0.15, -0.1) is 0 Å². The van der Waals surface area contributed by atoms with Crippen molar-refractivity contribution < 1.29 is 4.74 Å². The molecule has 3 aromatic heterocycles. The van der Waals surface area contributed by atoms with E-state index in [1.165, 1.54) is 0 Å². The highest BCUT2D eigenvalue weighted by Crippen LogP contribution is 2.31. The number of hydrogen-bond donors (Lipinski definition) is 2. The van der Waals surface area contributed by atoms with E-state index >= 15 is 0 Å². The lowest BCUT2D eigenvalue weighted by atomic mass is 10.2. The number of methoxy groups -OCH3 is 1. The largest absolute Gasteiger partial charge is 0.383 e. The summed E-state index contributed by atoms with van der Waals surface area (Å²) >= 11 is 0. The van der Waals surface area contributed by atoms with Crippen molar-refractivity contribution in [2.75, 3.05) is 30.5 Å². The maximum absolute atomic E-state index is 5.35. The Morgan fingerprint density at radius 1 is 1.16 bits per heavy atom. The molecule has 5 aromatic rings. The predicted octanol–water partition coefficient (Wildman–Crippen LogP) is 3.77. The molecule has 0 atom stereocenters. The monoisotopic (exact) mass is 414 g/mol. The van der Waals surface area contributed by atoms with Gasteiger partial charge in [0.15, 0.2) is 0 Å². The lowest BCUT2D eigenvalue weighted by Crippen LogP contribution is -2.23. The van der Waals surface area contributed by atoms with Gasteiger partial charge in [-0.25, -0.2) is 4.98 Å². The number of nitrogens with one attached hydrogen (secondary N) is 2. The van der Waals surface area contributed by atoms with Crippen molar-refractivity contribution in [3.05, 3.63) is 61.1 Å². The van der Waals surface area contributed by atoms with Crippen LogP contribution in [0.4, 0.5) is 23.1 Å². The highest BCUT2D eigenvalue weighted by atomic mass is 16.5. The van der Waals surface area contributed by atoms with E-state index in [-0.39, 0.29) is 0 Å². The minimum Gasteiger partial charge on any atom is -0.383 e. The molecule has 0 amide bonds. The molecule has 31 heavy (non-hydrogen) atoms. The number of aryl methyl sites for hydroxylation is 1. The van der Waals surface area contributed by atoms with E-state index < -0.39 is 0 Å². The second-order valence-corrected chi connectivity index (χ2v) is 7.16. The maximum Gasteiger partial charge on any atom is 0.229 e. The van der Waals surface area contributed by atoms with Crippen LogP contribution in [0.1, 0.15) is 0 Å². The summed E-state index contributed by atoms with van der Waals surface area (Å²) in [5.41, 5.74) is 3.91. The molecule has 156 valence electrons. The van der Waals surface area contributed by atoms with Crippen LogP contribution in [0.2, 0.25) is 0 Å². The molecule has 0 aliphatic rings. The Morgan fingerprint density at radius 2 is 2.10 bits per heavy atom. The zero-order valence-corrected chi connectivity index (χ0v) is 17.3. The Hall–Kier alpha value is -3.98. The van der Waals surface area contributed by atoms with Crippen molar-refractivity contribution in [2.45, 2.75) is 0 Å². The van der Waals surface area contributed by atoms with E-state index in [9.17, 15) is 0 Å². The van der Waals surface area contributed by atoms with E-state index in [0.717, 1.165) is 39.0 Å². The lowest BCUT2D eigenvalue weighted by molar-refractivity contribution is 0.207. The molecule has 0 spiro atoms. The summed E-state index contributed by atoms with van der Waals surface area (Å²) in [5, 5.41) is 16.9. The number of H-pyrrole nitrogens is 1. The van der Waals surface area contributed by atoms with Crippen LogP contribution in [-0.2, 0) is 11.8 Å². The second-order valence-electron chi connectivity index (χ2n) is 7.16. The fourth-order valence-corrected chi connectivity index (χ4v) is 3.64. The van der Waals surface area contributed by atoms with E-state index in [4.69, 9.17) is 9.72 Å². The predicted molar refractivity (Wildman–Crippen MR) is 121 cm³/mol. The minimum absolute atomic E-state index is 0.515. The van der Waals surface area contributed by atoms with Crippen molar-refractivity contribution in [1.29, 1.82) is 0 Å². The van der Waals surface area contributed by atoms with Crippen molar-refractivity contribution >= 4 is 44.9 Å². The van der Waals surface area contributed by atoms with Crippen LogP contribution in [0.15, 0.2) is 61.1 Å². The molecule has 0 radical (unpaired) electrons. The molecule has 3 heterocycles. The summed E-state index contributed by atoms with van der Waals surface area (Å²) in [6, 6.07) is 14.0. The number of anilines is 4. The van der Waals surface area contributed by atoms with E-state index in [2.05, 4.69) is 36.6 Å². The number of hydrogen-bond acceptors (Lipinski definition) is 7. The van der Waals surface area contributed by atoms with Gasteiger partial charge in [0.25, 0.3) is 0 Å². The average Bonchev–Trinajstić information content (AvgIpc) is 3.42. The Kier molecular flexibility index (Phi) is 4.93. The number of nitrogens with zero attached hydrogens (tertiary/aromatic N) is 6. The Morgan fingerprint density at radius 3 is 3.00 bits per heavy atom. The van der Waals surface area contributed by atoms with Gasteiger partial charge in [-0.1, -0.05) is 6.07 Å². The van der Waals surface area contributed by atoms with Gasteiger partial charge in [0.2, 0.25) is 5.95 Å². The maximum atomic E-state index is 5.35. The van der Waals surface area contributed by atoms with Gasteiger partial charge in [0, 0.05) is 43.4 Å². The smallest absolute Gasteiger partial charge is 0.229 e. The number of aromatic nitrogens is 6. The van der Waals surface area contributed by atoms with Crippen molar-refractivity contribution in [2.24, 2.45) is 7.05 Å². The van der Waals surface area contributed by atoms with Crippen LogP contribution in [0.3, 0.4) is 0 Å². The first-order chi connectivity index (χ1) is 15.2. The fraction of sp³-hybridized carbons (Fsp3) is 0.182. The normalized spacial score (nSPS) is 11.3. The zero-order chi connectivity index (χ0) is 21.2. The van der Waals surface area contributed by atoms with Gasteiger partial charge in [0.05, 0.1) is 35.7 Å². The van der Waals surface area contributed by atoms with Gasteiger partial charge >= 0.3 is 0 Å². The molecule has 0 fully saturated rings. The van der Waals surface area contributed by atoms with Gasteiger partial charge < -0.3 is 15.0 Å². The van der Waals surface area contributed by atoms with Crippen LogP contribution >= 0.6 is 0 Å². The Labute approximate surface area is 178 Å². The van der Waals surface area contributed by atoms with Crippen LogP contribution in [0.25, 0.3) is 21.8 Å². The van der Waals surface area contributed by atoms with E-state index in [0.29, 0.717) is 19.1 Å². The van der Waals surface area contributed by atoms with Crippen molar-refractivity contribution in [1.82, 2.24) is 29.9 Å². The molecular weight excluding hydrogens is 392 g/mol. The molecule has 5 rings (SSSR count). The number of aromatic amines is 1. The highest BCUT2D eigenvalue weighted by molar-refractivity contribution is 5.93. The molecule has 0 unspecified atom stereocenters. The number of ether oxygens (including phenoxy) is 1. The summed E-state index contributed by atoms with van der Waals surface area (Å²) < 4.78 is 7.19. The van der Waals surface area contributed by atoms with Gasteiger partial charge in [0.1, 0.15) is 5.82 Å². The summed E-state index contributed by atoms with van der Waals surface area (Å²) in [7, 11) is 3.62. The van der Waals surface area contributed by atoms with Gasteiger partial charge in [-0.05, 0) is 36.4 Å². The molecule has 0 bridgehead atoms. The molecule has 9 heteroatoms. The number of rotatable bonds is 7. The number of fused-ring (bicyclic) bond motifs is 2. The molecule has 0 saturated carbocycles. The fourth-order valence-electron chi connectivity index (χ4n) is 3.64.